The molecule has 0 saturated heterocycles. The molecule has 2 rings (SSSR count). The van der Waals surface area contributed by atoms with Crippen LogP contribution < -0.4 is 0 Å². The van der Waals surface area contributed by atoms with E-state index in [0.29, 0.717) is 0 Å². The molecule has 2 aromatic rings. The molecule has 0 amide bonds. The average Bonchev–Trinajstić information content (AvgIpc) is 2.39. The third-order valence-corrected chi connectivity index (χ3v) is 2.64. The van der Waals surface area contributed by atoms with E-state index in [1.807, 2.05) is 13.8 Å². The summed E-state index contributed by atoms with van der Waals surface area (Å²) in [6, 6.07) is 6.24. The van der Waals surface area contributed by atoms with Crippen LogP contribution in [0.1, 0.15) is 44.6 Å². The SMILES string of the molecule is CC.CCc1nc2ccc(C)cc2nc1CC. The van der Waals surface area contributed by atoms with E-state index in [1.54, 1.807) is 0 Å². The molecule has 0 aliphatic heterocycles. The molecule has 0 N–H and O–H groups in total. The first-order chi connectivity index (χ1) is 8.24. The van der Waals surface area contributed by atoms with E-state index in [0.717, 1.165) is 35.3 Å². The van der Waals surface area contributed by atoms with Gasteiger partial charge in [0.2, 0.25) is 0 Å². The van der Waals surface area contributed by atoms with Crippen LogP contribution in [-0.4, -0.2) is 9.97 Å². The minimum Gasteiger partial charge on any atom is -0.249 e. The predicted molar refractivity (Wildman–Crippen MR) is 74.4 cm³/mol. The van der Waals surface area contributed by atoms with Crippen molar-refractivity contribution in [1.82, 2.24) is 9.97 Å². The highest BCUT2D eigenvalue weighted by atomic mass is 14.8. The van der Waals surface area contributed by atoms with E-state index >= 15 is 0 Å². The zero-order chi connectivity index (χ0) is 12.8. The molecule has 0 aliphatic carbocycles. The maximum atomic E-state index is 4.66. The quantitative estimate of drug-likeness (QED) is 0.776. The molecule has 92 valence electrons. The number of hydrogen-bond acceptors (Lipinski definition) is 2. The second-order valence-corrected chi connectivity index (χ2v) is 3.82. The highest BCUT2D eigenvalue weighted by molar-refractivity contribution is 5.75. The van der Waals surface area contributed by atoms with Crippen molar-refractivity contribution in [1.29, 1.82) is 0 Å². The lowest BCUT2D eigenvalue weighted by atomic mass is 10.1. The molecule has 1 aromatic heterocycles. The first kappa shape index (κ1) is 13.6. The van der Waals surface area contributed by atoms with Gasteiger partial charge in [-0.25, -0.2) is 9.97 Å². The standard InChI is InChI=1S/C13H16N2.C2H6/c1-4-10-11(5-2)15-13-8-9(3)6-7-12(13)14-10;1-2/h6-8H,4-5H2,1-3H3;1-2H3. The zero-order valence-electron chi connectivity index (χ0n) is 11.5. The summed E-state index contributed by atoms with van der Waals surface area (Å²) >= 11 is 0. The molecule has 0 saturated carbocycles. The topological polar surface area (TPSA) is 25.8 Å². The van der Waals surface area contributed by atoms with Gasteiger partial charge in [-0.2, -0.15) is 0 Å². The van der Waals surface area contributed by atoms with E-state index in [9.17, 15) is 0 Å². The first-order valence-corrected chi connectivity index (χ1v) is 6.50. The van der Waals surface area contributed by atoms with Gasteiger partial charge < -0.3 is 0 Å². The van der Waals surface area contributed by atoms with E-state index in [-0.39, 0.29) is 0 Å². The van der Waals surface area contributed by atoms with Crippen molar-refractivity contribution in [2.24, 2.45) is 0 Å². The average molecular weight is 230 g/mol. The van der Waals surface area contributed by atoms with Crippen LogP contribution in [-0.2, 0) is 12.8 Å². The van der Waals surface area contributed by atoms with Crippen LogP contribution in [0.5, 0.6) is 0 Å². The number of rotatable bonds is 2. The Kier molecular flexibility index (Phi) is 5.08. The van der Waals surface area contributed by atoms with Gasteiger partial charge in [0.15, 0.2) is 0 Å². The molecule has 0 unspecified atom stereocenters. The molecule has 0 aliphatic rings. The summed E-state index contributed by atoms with van der Waals surface area (Å²) in [6.45, 7) is 10.3. The van der Waals surface area contributed by atoms with Crippen LogP contribution in [0.2, 0.25) is 0 Å². The van der Waals surface area contributed by atoms with Gasteiger partial charge in [-0.3, -0.25) is 0 Å². The molecule has 1 aromatic carbocycles. The van der Waals surface area contributed by atoms with E-state index in [2.05, 4.69) is 48.9 Å². The fourth-order valence-corrected chi connectivity index (χ4v) is 1.80. The van der Waals surface area contributed by atoms with Crippen molar-refractivity contribution in [3.05, 3.63) is 35.2 Å². The van der Waals surface area contributed by atoms with E-state index in [1.165, 1.54) is 5.56 Å². The second-order valence-electron chi connectivity index (χ2n) is 3.82. The second kappa shape index (κ2) is 6.33. The molecule has 2 heteroatoms. The van der Waals surface area contributed by atoms with E-state index in [4.69, 9.17) is 0 Å². The van der Waals surface area contributed by atoms with Gasteiger partial charge in [-0.05, 0) is 37.5 Å². The minimum atomic E-state index is 0.958. The Balaban J connectivity index is 0.000000686. The summed E-state index contributed by atoms with van der Waals surface area (Å²) in [6.07, 6.45) is 1.92. The molecular weight excluding hydrogens is 208 g/mol. The Hall–Kier alpha value is -1.44. The number of aromatic nitrogens is 2. The fourth-order valence-electron chi connectivity index (χ4n) is 1.80. The largest absolute Gasteiger partial charge is 0.249 e. The van der Waals surface area contributed by atoms with Crippen molar-refractivity contribution >= 4 is 11.0 Å². The third kappa shape index (κ3) is 3.02. The Morgan fingerprint density at radius 1 is 0.882 bits per heavy atom. The predicted octanol–water partition coefficient (Wildman–Crippen LogP) is 4.09. The first-order valence-electron chi connectivity index (χ1n) is 6.50. The van der Waals surface area contributed by atoms with Crippen LogP contribution >= 0.6 is 0 Å². The maximum Gasteiger partial charge on any atom is 0.0893 e. The summed E-state index contributed by atoms with van der Waals surface area (Å²) in [4.78, 5) is 9.31. The monoisotopic (exact) mass is 230 g/mol. The van der Waals surface area contributed by atoms with Crippen LogP contribution in [0.15, 0.2) is 18.2 Å². The number of benzene rings is 1. The maximum absolute atomic E-state index is 4.66. The minimum absolute atomic E-state index is 0.958. The number of aryl methyl sites for hydroxylation is 3. The molecule has 0 radical (unpaired) electrons. The smallest absolute Gasteiger partial charge is 0.0893 e. The van der Waals surface area contributed by atoms with Crippen LogP contribution in [0, 0.1) is 6.92 Å². The lowest BCUT2D eigenvalue weighted by Gasteiger charge is -2.06. The Morgan fingerprint density at radius 3 is 1.94 bits per heavy atom. The number of hydrogen-bond donors (Lipinski definition) is 0. The van der Waals surface area contributed by atoms with Crippen molar-refractivity contribution in [3.8, 4) is 0 Å². The van der Waals surface area contributed by atoms with Crippen molar-refractivity contribution in [3.63, 3.8) is 0 Å². The molecule has 17 heavy (non-hydrogen) atoms. The highest BCUT2D eigenvalue weighted by Gasteiger charge is 2.05. The molecule has 1 heterocycles. The fraction of sp³-hybridized carbons (Fsp3) is 0.467. The molecule has 0 atom stereocenters. The van der Waals surface area contributed by atoms with Gasteiger partial charge in [0.25, 0.3) is 0 Å². The Labute approximate surface area is 104 Å². The van der Waals surface area contributed by atoms with Gasteiger partial charge >= 0.3 is 0 Å². The molecule has 0 fully saturated rings. The molecular formula is C15H22N2. The number of nitrogens with zero attached hydrogens (tertiary/aromatic N) is 2. The molecule has 0 spiro atoms. The zero-order valence-corrected chi connectivity index (χ0v) is 11.5. The highest BCUT2D eigenvalue weighted by Crippen LogP contribution is 2.15. The summed E-state index contributed by atoms with van der Waals surface area (Å²) < 4.78 is 0. The lowest BCUT2D eigenvalue weighted by Crippen LogP contribution is -2.00. The summed E-state index contributed by atoms with van der Waals surface area (Å²) in [5.74, 6) is 0. The van der Waals surface area contributed by atoms with Crippen LogP contribution in [0.4, 0.5) is 0 Å². The van der Waals surface area contributed by atoms with Crippen molar-refractivity contribution < 1.29 is 0 Å². The van der Waals surface area contributed by atoms with Crippen molar-refractivity contribution in [2.45, 2.75) is 47.5 Å². The van der Waals surface area contributed by atoms with Gasteiger partial charge in [-0.15, -0.1) is 0 Å². The lowest BCUT2D eigenvalue weighted by molar-refractivity contribution is 0.930. The summed E-state index contributed by atoms with van der Waals surface area (Å²) in [7, 11) is 0. The normalized spacial score (nSPS) is 9.94. The van der Waals surface area contributed by atoms with Crippen LogP contribution in [0.25, 0.3) is 11.0 Å². The summed E-state index contributed by atoms with van der Waals surface area (Å²) in [5.41, 5.74) is 5.53. The van der Waals surface area contributed by atoms with Gasteiger partial charge in [-0.1, -0.05) is 33.8 Å². The third-order valence-electron chi connectivity index (χ3n) is 2.64. The Bertz CT molecular complexity index is 489. The Morgan fingerprint density at radius 2 is 1.41 bits per heavy atom. The number of fused-ring (bicyclic) bond motifs is 1. The molecule has 0 bridgehead atoms. The van der Waals surface area contributed by atoms with Gasteiger partial charge in [0, 0.05) is 0 Å². The van der Waals surface area contributed by atoms with Crippen LogP contribution in [0.3, 0.4) is 0 Å². The molecule has 2 nitrogen and oxygen atoms in total. The van der Waals surface area contributed by atoms with E-state index < -0.39 is 0 Å². The van der Waals surface area contributed by atoms with Gasteiger partial charge in [0.05, 0.1) is 22.4 Å². The summed E-state index contributed by atoms with van der Waals surface area (Å²) in [5, 5.41) is 0. The van der Waals surface area contributed by atoms with Gasteiger partial charge in [0.1, 0.15) is 0 Å². The van der Waals surface area contributed by atoms with Crippen molar-refractivity contribution in [2.75, 3.05) is 0 Å².